The molecule has 0 unspecified atom stereocenters. The highest BCUT2D eigenvalue weighted by Gasteiger charge is 2.09. The summed E-state index contributed by atoms with van der Waals surface area (Å²) in [6, 6.07) is 11.7. The summed E-state index contributed by atoms with van der Waals surface area (Å²) in [5, 5.41) is 15.4. The average molecular weight is 302 g/mol. The first-order valence-electron chi connectivity index (χ1n) is 7.51. The Kier molecular flexibility index (Phi) is 6.51. The zero-order valence-electron chi connectivity index (χ0n) is 12.5. The smallest absolute Gasteiger partial charge is 0.314 e. The van der Waals surface area contributed by atoms with Gasteiger partial charge in [0, 0.05) is 18.7 Å². The van der Waals surface area contributed by atoms with E-state index in [0.29, 0.717) is 19.5 Å². The minimum atomic E-state index is -0.614. The zero-order valence-corrected chi connectivity index (χ0v) is 12.5. The second-order valence-corrected chi connectivity index (χ2v) is 5.13. The molecule has 0 saturated carbocycles. The van der Waals surface area contributed by atoms with E-state index in [2.05, 4.69) is 22.8 Å². The summed E-state index contributed by atoms with van der Waals surface area (Å²) in [5.41, 5.74) is 2.00. The third kappa shape index (κ3) is 5.61. The van der Waals surface area contributed by atoms with E-state index in [1.54, 1.807) is 6.07 Å². The van der Waals surface area contributed by atoms with Crippen molar-refractivity contribution in [3.63, 3.8) is 0 Å². The number of aryl methyl sites for hydroxylation is 1. The van der Waals surface area contributed by atoms with Crippen molar-refractivity contribution in [2.24, 2.45) is 0 Å². The van der Waals surface area contributed by atoms with Crippen LogP contribution in [0.3, 0.4) is 0 Å². The molecule has 0 radical (unpaired) electrons. The first kappa shape index (κ1) is 16.1. The van der Waals surface area contributed by atoms with Crippen LogP contribution in [0.2, 0.25) is 0 Å². The molecule has 1 aromatic carbocycles. The van der Waals surface area contributed by atoms with Gasteiger partial charge in [-0.25, -0.2) is 4.79 Å². The Labute approximate surface area is 130 Å². The topological polar surface area (TPSA) is 74.5 Å². The van der Waals surface area contributed by atoms with E-state index in [0.717, 1.165) is 18.4 Å². The van der Waals surface area contributed by atoms with Crippen molar-refractivity contribution >= 4 is 6.03 Å². The molecule has 0 fully saturated rings. The van der Waals surface area contributed by atoms with Gasteiger partial charge in [0.15, 0.2) is 0 Å². The fourth-order valence-electron chi connectivity index (χ4n) is 2.16. The number of aliphatic hydroxyl groups is 1. The Balaban J connectivity index is 1.53. The Morgan fingerprint density at radius 1 is 1.14 bits per heavy atom. The Morgan fingerprint density at radius 3 is 2.64 bits per heavy atom. The number of aliphatic hydroxyl groups excluding tert-OH is 1. The van der Waals surface area contributed by atoms with E-state index < -0.39 is 6.10 Å². The van der Waals surface area contributed by atoms with E-state index in [1.807, 2.05) is 18.2 Å². The molecule has 2 rings (SSSR count). The number of carbonyl (C=O) groups excluding carboxylic acids is 1. The molecule has 0 aliphatic carbocycles. The molecule has 0 spiro atoms. The van der Waals surface area contributed by atoms with Crippen LogP contribution in [-0.4, -0.2) is 24.2 Å². The maximum Gasteiger partial charge on any atom is 0.314 e. The highest BCUT2D eigenvalue weighted by Crippen LogP contribution is 2.15. The lowest BCUT2D eigenvalue weighted by atomic mass is 10.1. The molecule has 1 heterocycles. The lowest BCUT2D eigenvalue weighted by molar-refractivity contribution is 0.166. The molecule has 118 valence electrons. The summed E-state index contributed by atoms with van der Waals surface area (Å²) in [6.45, 7) is 1.04. The SMILES string of the molecule is O=C(NCCCc1ccccc1)NCC[C@@H](O)c1ccoc1. The number of rotatable bonds is 8. The van der Waals surface area contributed by atoms with Crippen LogP contribution in [0, 0.1) is 0 Å². The van der Waals surface area contributed by atoms with Crippen molar-refractivity contribution in [2.45, 2.75) is 25.4 Å². The molecular formula is C17H22N2O3. The molecule has 2 amide bonds. The number of amides is 2. The van der Waals surface area contributed by atoms with Crippen molar-refractivity contribution in [3.05, 3.63) is 60.1 Å². The minimum absolute atomic E-state index is 0.201. The van der Waals surface area contributed by atoms with Gasteiger partial charge in [0.2, 0.25) is 0 Å². The third-order valence-electron chi connectivity index (χ3n) is 3.40. The van der Waals surface area contributed by atoms with Gasteiger partial charge in [-0.2, -0.15) is 0 Å². The Bertz CT molecular complexity index is 540. The van der Waals surface area contributed by atoms with Crippen LogP contribution in [-0.2, 0) is 6.42 Å². The second-order valence-electron chi connectivity index (χ2n) is 5.13. The summed E-state index contributed by atoms with van der Waals surface area (Å²) >= 11 is 0. The van der Waals surface area contributed by atoms with Crippen LogP contribution in [0.4, 0.5) is 4.79 Å². The van der Waals surface area contributed by atoms with Crippen LogP contribution in [0.25, 0.3) is 0 Å². The number of carbonyl (C=O) groups is 1. The van der Waals surface area contributed by atoms with E-state index >= 15 is 0 Å². The summed E-state index contributed by atoms with van der Waals surface area (Å²) in [7, 11) is 0. The second kappa shape index (κ2) is 8.89. The molecule has 1 aromatic heterocycles. The van der Waals surface area contributed by atoms with Crippen LogP contribution in [0.5, 0.6) is 0 Å². The lowest BCUT2D eigenvalue weighted by Gasteiger charge is -2.10. The fraction of sp³-hybridized carbons (Fsp3) is 0.353. The summed E-state index contributed by atoms with van der Waals surface area (Å²) in [5.74, 6) is 0. The highest BCUT2D eigenvalue weighted by atomic mass is 16.3. The summed E-state index contributed by atoms with van der Waals surface area (Å²) < 4.78 is 4.91. The van der Waals surface area contributed by atoms with Crippen LogP contribution >= 0.6 is 0 Å². The minimum Gasteiger partial charge on any atom is -0.472 e. The van der Waals surface area contributed by atoms with Gasteiger partial charge in [0.25, 0.3) is 0 Å². The van der Waals surface area contributed by atoms with E-state index in [9.17, 15) is 9.90 Å². The van der Waals surface area contributed by atoms with Crippen molar-refractivity contribution in [2.75, 3.05) is 13.1 Å². The van der Waals surface area contributed by atoms with Gasteiger partial charge in [-0.3, -0.25) is 0 Å². The molecule has 1 atom stereocenters. The van der Waals surface area contributed by atoms with E-state index in [4.69, 9.17) is 4.42 Å². The molecule has 2 aromatic rings. The maximum absolute atomic E-state index is 11.6. The molecule has 5 nitrogen and oxygen atoms in total. The normalized spacial score (nSPS) is 11.9. The van der Waals surface area contributed by atoms with E-state index in [-0.39, 0.29) is 6.03 Å². The van der Waals surface area contributed by atoms with Crippen molar-refractivity contribution in [1.82, 2.24) is 10.6 Å². The molecule has 22 heavy (non-hydrogen) atoms. The maximum atomic E-state index is 11.6. The number of benzene rings is 1. The number of nitrogens with one attached hydrogen (secondary N) is 2. The van der Waals surface area contributed by atoms with Gasteiger partial charge in [0.05, 0.1) is 18.6 Å². The largest absolute Gasteiger partial charge is 0.472 e. The van der Waals surface area contributed by atoms with E-state index in [1.165, 1.54) is 18.1 Å². The third-order valence-corrected chi connectivity index (χ3v) is 3.40. The summed E-state index contributed by atoms with van der Waals surface area (Å²) in [4.78, 5) is 11.6. The van der Waals surface area contributed by atoms with Gasteiger partial charge in [0.1, 0.15) is 0 Å². The van der Waals surface area contributed by atoms with Gasteiger partial charge in [-0.15, -0.1) is 0 Å². The lowest BCUT2D eigenvalue weighted by Crippen LogP contribution is -2.37. The molecule has 5 heteroatoms. The standard InChI is InChI=1S/C17H22N2O3/c20-16(15-9-12-22-13-15)8-11-19-17(21)18-10-4-7-14-5-2-1-3-6-14/h1-3,5-6,9,12-13,16,20H,4,7-8,10-11H2,(H2,18,19,21)/t16-/m1/s1. The Hall–Kier alpha value is -2.27. The van der Waals surface area contributed by atoms with Crippen molar-refractivity contribution < 1.29 is 14.3 Å². The van der Waals surface area contributed by atoms with Crippen molar-refractivity contribution in [1.29, 1.82) is 0 Å². The van der Waals surface area contributed by atoms with Crippen LogP contribution in [0.15, 0.2) is 53.3 Å². The molecule has 0 aliphatic rings. The van der Waals surface area contributed by atoms with Gasteiger partial charge < -0.3 is 20.2 Å². The van der Waals surface area contributed by atoms with Gasteiger partial charge >= 0.3 is 6.03 Å². The van der Waals surface area contributed by atoms with Gasteiger partial charge in [-0.1, -0.05) is 30.3 Å². The number of urea groups is 1. The Morgan fingerprint density at radius 2 is 1.91 bits per heavy atom. The monoisotopic (exact) mass is 302 g/mol. The number of hydrogen-bond donors (Lipinski definition) is 3. The molecule has 3 N–H and O–H groups in total. The quantitative estimate of drug-likeness (QED) is 0.656. The predicted octanol–water partition coefficient (Wildman–Crippen LogP) is 2.64. The number of hydrogen-bond acceptors (Lipinski definition) is 3. The molecular weight excluding hydrogens is 280 g/mol. The van der Waals surface area contributed by atoms with Crippen molar-refractivity contribution in [3.8, 4) is 0 Å². The summed E-state index contributed by atoms with van der Waals surface area (Å²) in [6.07, 6.45) is 4.71. The van der Waals surface area contributed by atoms with Crippen LogP contribution < -0.4 is 10.6 Å². The number of furan rings is 1. The van der Waals surface area contributed by atoms with Crippen LogP contribution in [0.1, 0.15) is 30.1 Å². The zero-order chi connectivity index (χ0) is 15.6. The first-order valence-corrected chi connectivity index (χ1v) is 7.51. The fourth-order valence-corrected chi connectivity index (χ4v) is 2.16. The van der Waals surface area contributed by atoms with Gasteiger partial charge in [-0.05, 0) is 30.9 Å². The average Bonchev–Trinajstić information content (AvgIpc) is 3.07. The molecule has 0 bridgehead atoms. The predicted molar refractivity (Wildman–Crippen MR) is 84.4 cm³/mol. The first-order chi connectivity index (χ1) is 10.8. The highest BCUT2D eigenvalue weighted by molar-refractivity contribution is 5.73. The molecule has 0 saturated heterocycles. The molecule has 0 aliphatic heterocycles.